The molecule has 30 heavy (non-hydrogen) atoms. The lowest BCUT2D eigenvalue weighted by Gasteiger charge is -2.12. The Balaban J connectivity index is 0.00000320. The van der Waals surface area contributed by atoms with E-state index in [0.717, 1.165) is 35.6 Å². The zero-order valence-electron chi connectivity index (χ0n) is 17.4. The smallest absolute Gasteiger partial charge is 0.251 e. The molecule has 0 radical (unpaired) electrons. The highest BCUT2D eigenvalue weighted by Crippen LogP contribution is 2.32. The quantitative estimate of drug-likeness (QED) is 0.280. The lowest BCUT2D eigenvalue weighted by atomic mass is 10.1. The summed E-state index contributed by atoms with van der Waals surface area (Å²) in [5.41, 5.74) is 2.72. The maximum Gasteiger partial charge on any atom is 0.251 e. The first-order chi connectivity index (χ1) is 14.2. The molecule has 1 aliphatic heterocycles. The van der Waals surface area contributed by atoms with Crippen molar-refractivity contribution >= 4 is 35.8 Å². The molecule has 2 aromatic rings. The molecule has 2 aromatic carbocycles. The lowest BCUT2D eigenvalue weighted by Crippen LogP contribution is -2.36. The first-order valence-corrected chi connectivity index (χ1v) is 9.97. The number of benzene rings is 2. The van der Waals surface area contributed by atoms with Crippen LogP contribution in [0.15, 0.2) is 47.5 Å². The fourth-order valence-corrected chi connectivity index (χ4v) is 2.90. The fraction of sp³-hybridized carbons (Fsp3) is 0.364. The van der Waals surface area contributed by atoms with Crippen LogP contribution in [0, 0.1) is 0 Å². The zero-order valence-corrected chi connectivity index (χ0v) is 19.7. The van der Waals surface area contributed by atoms with Crippen molar-refractivity contribution in [2.45, 2.75) is 33.4 Å². The third kappa shape index (κ3) is 6.79. The van der Waals surface area contributed by atoms with Gasteiger partial charge in [0.2, 0.25) is 6.79 Å². The number of guanidine groups is 1. The van der Waals surface area contributed by atoms with Gasteiger partial charge in [0.05, 0.1) is 6.54 Å². The fourth-order valence-electron chi connectivity index (χ4n) is 2.90. The molecule has 1 amide bonds. The van der Waals surface area contributed by atoms with Gasteiger partial charge in [0.25, 0.3) is 5.91 Å². The number of amides is 1. The second-order valence-corrected chi connectivity index (χ2v) is 6.69. The number of halogens is 1. The molecule has 1 heterocycles. The van der Waals surface area contributed by atoms with Gasteiger partial charge in [-0.2, -0.15) is 0 Å². The number of rotatable bonds is 8. The van der Waals surface area contributed by atoms with E-state index in [-0.39, 0.29) is 36.7 Å². The first-order valence-electron chi connectivity index (χ1n) is 9.97. The van der Waals surface area contributed by atoms with E-state index in [1.807, 2.05) is 56.3 Å². The predicted molar refractivity (Wildman–Crippen MR) is 129 cm³/mol. The highest BCUT2D eigenvalue weighted by Gasteiger charge is 2.13. The molecule has 0 bridgehead atoms. The molecule has 0 saturated heterocycles. The molecular formula is C22H29IN4O3. The van der Waals surface area contributed by atoms with Crippen LogP contribution in [0.3, 0.4) is 0 Å². The molecule has 0 spiro atoms. The van der Waals surface area contributed by atoms with Gasteiger partial charge in [-0.15, -0.1) is 24.0 Å². The standard InChI is InChI=1S/C22H28N4O3.HI/c1-3-10-24-21(27)18-7-5-6-16(11-18)13-25-22(23-4-2)26-14-17-8-9-19-20(12-17)29-15-28-19;/h5-9,11-12H,3-4,10,13-15H2,1-2H3,(H,24,27)(H2,23,25,26);1H. The topological polar surface area (TPSA) is 84.0 Å². The molecule has 0 unspecified atom stereocenters. The van der Waals surface area contributed by atoms with E-state index < -0.39 is 0 Å². The van der Waals surface area contributed by atoms with Gasteiger partial charge >= 0.3 is 0 Å². The SMILES string of the molecule is CCCNC(=O)c1cccc(CN=C(NCC)NCc2ccc3c(c2)OCO3)c1.I. The summed E-state index contributed by atoms with van der Waals surface area (Å²) >= 11 is 0. The van der Waals surface area contributed by atoms with Crippen molar-refractivity contribution in [3.8, 4) is 11.5 Å². The maximum atomic E-state index is 12.1. The second kappa shape index (κ2) is 12.3. The molecule has 0 atom stereocenters. The monoisotopic (exact) mass is 524 g/mol. The molecule has 3 rings (SSSR count). The number of fused-ring (bicyclic) bond motifs is 1. The Morgan fingerprint density at radius 2 is 1.83 bits per heavy atom. The van der Waals surface area contributed by atoms with Crippen molar-refractivity contribution < 1.29 is 14.3 Å². The highest BCUT2D eigenvalue weighted by atomic mass is 127. The van der Waals surface area contributed by atoms with E-state index in [9.17, 15) is 4.79 Å². The van der Waals surface area contributed by atoms with Gasteiger partial charge < -0.3 is 25.4 Å². The van der Waals surface area contributed by atoms with Crippen LogP contribution in [-0.2, 0) is 13.1 Å². The number of hydrogen-bond acceptors (Lipinski definition) is 4. The number of nitrogens with one attached hydrogen (secondary N) is 3. The van der Waals surface area contributed by atoms with Crippen LogP contribution in [0.4, 0.5) is 0 Å². The predicted octanol–water partition coefficient (Wildman–Crippen LogP) is 3.43. The van der Waals surface area contributed by atoms with E-state index in [1.165, 1.54) is 0 Å². The summed E-state index contributed by atoms with van der Waals surface area (Å²) in [6.45, 7) is 6.85. The summed E-state index contributed by atoms with van der Waals surface area (Å²) < 4.78 is 10.8. The third-order valence-corrected chi connectivity index (χ3v) is 4.39. The molecule has 3 N–H and O–H groups in total. The Morgan fingerprint density at radius 3 is 2.63 bits per heavy atom. The van der Waals surface area contributed by atoms with Gasteiger partial charge in [-0.05, 0) is 48.7 Å². The van der Waals surface area contributed by atoms with Gasteiger partial charge in [-0.25, -0.2) is 4.99 Å². The van der Waals surface area contributed by atoms with Crippen LogP contribution in [0.5, 0.6) is 11.5 Å². The van der Waals surface area contributed by atoms with Crippen molar-refractivity contribution in [3.63, 3.8) is 0 Å². The summed E-state index contributed by atoms with van der Waals surface area (Å²) in [5.74, 6) is 2.21. The molecule has 0 aliphatic carbocycles. The maximum absolute atomic E-state index is 12.1. The van der Waals surface area contributed by atoms with Crippen LogP contribution in [0.2, 0.25) is 0 Å². The summed E-state index contributed by atoms with van der Waals surface area (Å²) in [6.07, 6.45) is 0.914. The molecular weight excluding hydrogens is 495 g/mol. The molecule has 1 aliphatic rings. The van der Waals surface area contributed by atoms with E-state index in [4.69, 9.17) is 9.47 Å². The second-order valence-electron chi connectivity index (χ2n) is 6.69. The van der Waals surface area contributed by atoms with Crippen molar-refractivity contribution in [2.75, 3.05) is 19.9 Å². The number of carbonyl (C=O) groups is 1. The van der Waals surface area contributed by atoms with E-state index >= 15 is 0 Å². The molecule has 162 valence electrons. The number of nitrogens with zero attached hydrogens (tertiary/aromatic N) is 1. The highest BCUT2D eigenvalue weighted by molar-refractivity contribution is 14.0. The summed E-state index contributed by atoms with van der Waals surface area (Å²) in [6, 6.07) is 13.5. The van der Waals surface area contributed by atoms with Gasteiger partial charge in [0, 0.05) is 25.2 Å². The minimum absolute atomic E-state index is 0. The van der Waals surface area contributed by atoms with Crippen molar-refractivity contribution in [1.82, 2.24) is 16.0 Å². The first kappa shape index (κ1) is 23.8. The minimum atomic E-state index is -0.0504. The summed E-state index contributed by atoms with van der Waals surface area (Å²) in [4.78, 5) is 16.8. The van der Waals surface area contributed by atoms with Crippen LogP contribution in [0.25, 0.3) is 0 Å². The average molecular weight is 524 g/mol. The normalized spacial score (nSPS) is 12.1. The van der Waals surface area contributed by atoms with Crippen molar-refractivity contribution in [1.29, 1.82) is 0 Å². The van der Waals surface area contributed by atoms with Crippen LogP contribution in [0.1, 0.15) is 41.8 Å². The number of aliphatic imine (C=N–C) groups is 1. The van der Waals surface area contributed by atoms with E-state index in [2.05, 4.69) is 20.9 Å². The Hall–Kier alpha value is -2.49. The van der Waals surface area contributed by atoms with E-state index in [1.54, 1.807) is 0 Å². The lowest BCUT2D eigenvalue weighted by molar-refractivity contribution is 0.0953. The third-order valence-electron chi connectivity index (χ3n) is 4.39. The molecule has 7 nitrogen and oxygen atoms in total. The minimum Gasteiger partial charge on any atom is -0.454 e. The van der Waals surface area contributed by atoms with Crippen molar-refractivity contribution in [2.24, 2.45) is 4.99 Å². The molecule has 0 aromatic heterocycles. The number of hydrogen-bond donors (Lipinski definition) is 3. The summed E-state index contributed by atoms with van der Waals surface area (Å²) in [5, 5.41) is 9.47. The van der Waals surface area contributed by atoms with Gasteiger partial charge in [0.15, 0.2) is 17.5 Å². The Kier molecular flexibility index (Phi) is 9.72. The van der Waals surface area contributed by atoms with Crippen LogP contribution in [-0.4, -0.2) is 31.7 Å². The van der Waals surface area contributed by atoms with Crippen LogP contribution < -0.4 is 25.4 Å². The van der Waals surface area contributed by atoms with Crippen molar-refractivity contribution in [3.05, 3.63) is 59.2 Å². The Bertz CT molecular complexity index is 873. The van der Waals surface area contributed by atoms with Gasteiger partial charge in [-0.1, -0.05) is 25.1 Å². The Morgan fingerprint density at radius 1 is 1.00 bits per heavy atom. The van der Waals surface area contributed by atoms with Crippen LogP contribution >= 0.6 is 24.0 Å². The zero-order chi connectivity index (χ0) is 20.5. The molecule has 8 heteroatoms. The van der Waals surface area contributed by atoms with Gasteiger partial charge in [0.1, 0.15) is 0 Å². The summed E-state index contributed by atoms with van der Waals surface area (Å²) in [7, 11) is 0. The molecule has 0 fully saturated rings. The van der Waals surface area contributed by atoms with Gasteiger partial charge in [-0.3, -0.25) is 4.79 Å². The largest absolute Gasteiger partial charge is 0.454 e. The molecule has 0 saturated carbocycles. The number of ether oxygens (including phenoxy) is 2. The Labute approximate surface area is 194 Å². The number of carbonyl (C=O) groups excluding carboxylic acids is 1. The average Bonchev–Trinajstić information content (AvgIpc) is 3.22. The van der Waals surface area contributed by atoms with E-state index in [0.29, 0.717) is 31.2 Å².